The molecule has 2 aliphatic rings. The Morgan fingerprint density at radius 3 is 2.39 bits per heavy atom. The molecule has 4 aromatic carbocycles. The average molecular weight is 683 g/mol. The average Bonchev–Trinajstić information content (AvgIpc) is 3.40. The van der Waals surface area contributed by atoms with Crippen molar-refractivity contribution in [1.29, 1.82) is 0 Å². The van der Waals surface area contributed by atoms with Crippen molar-refractivity contribution in [3.8, 4) is 12.3 Å². The van der Waals surface area contributed by atoms with E-state index in [4.69, 9.17) is 6.42 Å². The summed E-state index contributed by atoms with van der Waals surface area (Å²) in [6.45, 7) is 0.178. The van der Waals surface area contributed by atoms with Gasteiger partial charge in [0.25, 0.3) is 0 Å². The van der Waals surface area contributed by atoms with E-state index in [-0.39, 0.29) is 51.0 Å². The smallest absolute Gasteiger partial charge is 0.333 e. The number of hydrogen-bond donors (Lipinski definition) is 2. The summed E-state index contributed by atoms with van der Waals surface area (Å²) >= 11 is 0. The lowest BCUT2D eigenvalue weighted by Gasteiger charge is -2.46. The van der Waals surface area contributed by atoms with Crippen LogP contribution in [0.15, 0.2) is 91.0 Å². The quantitative estimate of drug-likeness (QED) is 0.247. The maximum Gasteiger partial charge on any atom is 0.333 e. The molecule has 13 heteroatoms. The third kappa shape index (κ3) is 7.51. The summed E-state index contributed by atoms with van der Waals surface area (Å²) in [6, 6.07) is 24.7. The molecule has 4 amide bonds. The van der Waals surface area contributed by atoms with Crippen molar-refractivity contribution in [2.45, 2.75) is 31.7 Å². The molecular weight excluding hydrogens is 647 g/mol. The first-order chi connectivity index (χ1) is 23.5. The topological polar surface area (TPSA) is 122 Å². The summed E-state index contributed by atoms with van der Waals surface area (Å²) in [5.41, 5.74) is 2.70. The fraction of sp³-hybridized carbons (Fsp3) is 0.250. The zero-order valence-corrected chi connectivity index (χ0v) is 27.6. The predicted molar refractivity (Wildman–Crippen MR) is 183 cm³/mol. The van der Waals surface area contributed by atoms with Gasteiger partial charge in [-0.1, -0.05) is 72.7 Å². The molecule has 0 unspecified atom stereocenters. The monoisotopic (exact) mass is 682 g/mol. The number of sulfonamides is 1. The van der Waals surface area contributed by atoms with Gasteiger partial charge in [-0.25, -0.2) is 22.6 Å². The Labute approximate surface area is 284 Å². The molecule has 2 saturated heterocycles. The number of nitrogens with zero attached hydrogens (tertiary/aromatic N) is 4. The Balaban J connectivity index is 1.31. The molecule has 0 aliphatic carbocycles. The number of piperazine rings is 1. The van der Waals surface area contributed by atoms with Crippen LogP contribution in [0.3, 0.4) is 0 Å². The number of hydrogen-bond acceptors (Lipinski definition) is 6. The summed E-state index contributed by atoms with van der Waals surface area (Å²) in [7, 11) is -3.48. The second-order valence-electron chi connectivity index (χ2n) is 12.1. The molecular formula is C36H35FN6O5S. The van der Waals surface area contributed by atoms with E-state index in [1.54, 1.807) is 46.3 Å². The Kier molecular flexibility index (Phi) is 9.53. The summed E-state index contributed by atoms with van der Waals surface area (Å²) in [4.78, 5) is 44.9. The van der Waals surface area contributed by atoms with E-state index in [1.807, 2.05) is 42.5 Å². The summed E-state index contributed by atoms with van der Waals surface area (Å²) in [5, 5.41) is 7.75. The third-order valence-electron chi connectivity index (χ3n) is 8.64. The van der Waals surface area contributed by atoms with E-state index in [9.17, 15) is 27.2 Å². The number of terminal acetylenes is 1. The first-order valence-electron chi connectivity index (χ1n) is 15.6. The number of nitrogens with one attached hydrogen (secondary N) is 2. The van der Waals surface area contributed by atoms with Gasteiger partial charge in [0.15, 0.2) is 0 Å². The number of fused-ring (bicyclic) bond motifs is 2. The van der Waals surface area contributed by atoms with Crippen molar-refractivity contribution in [3.05, 3.63) is 114 Å². The fourth-order valence-electron chi connectivity index (χ4n) is 6.41. The highest BCUT2D eigenvalue weighted by molar-refractivity contribution is 7.92. The summed E-state index contributed by atoms with van der Waals surface area (Å²) in [5.74, 6) is 1.53. The standard InChI is InChI=1S/C36H35FN6O5S/c1-3-19-41(36(46)38-21-26-11-15-29(37)16-12-26)42-24-34(44)43-32(20-25-13-17-30(18-14-25)39-49(2,47)48)35(45)40(23-33(42)43)22-28-9-6-8-27-7-4-5-10-31(27)28/h1,4-18,32-33,39H,19-24H2,2H3,(H,38,46)/t32-,33+/m0/s1. The van der Waals surface area contributed by atoms with Crippen LogP contribution >= 0.6 is 0 Å². The van der Waals surface area contributed by atoms with Crippen LogP contribution in [-0.4, -0.2) is 84.2 Å². The van der Waals surface area contributed by atoms with E-state index in [0.29, 0.717) is 16.8 Å². The molecule has 252 valence electrons. The zero-order valence-electron chi connectivity index (χ0n) is 26.8. The number of rotatable bonds is 10. The molecule has 0 spiro atoms. The SMILES string of the molecule is C#CCN(C(=O)NCc1ccc(F)cc1)N1CC(=O)N2[C@@H](Cc3ccc(NS(C)(=O)=O)cc3)C(=O)N(Cc3cccc4ccccc34)C[C@@H]21. The molecule has 2 atom stereocenters. The number of carbonyl (C=O) groups is 3. The lowest BCUT2D eigenvalue weighted by Crippen LogP contribution is -2.66. The van der Waals surface area contributed by atoms with Gasteiger partial charge in [-0.05, 0) is 51.7 Å². The highest BCUT2D eigenvalue weighted by Gasteiger charge is 2.52. The number of carbonyl (C=O) groups excluding carboxylic acids is 3. The van der Waals surface area contributed by atoms with Crippen molar-refractivity contribution < 1.29 is 27.2 Å². The minimum atomic E-state index is -3.48. The molecule has 11 nitrogen and oxygen atoms in total. The number of urea groups is 1. The molecule has 2 heterocycles. The summed E-state index contributed by atoms with van der Waals surface area (Å²) in [6.07, 6.45) is 6.21. The number of halogens is 1. The zero-order chi connectivity index (χ0) is 34.7. The maximum absolute atomic E-state index is 14.3. The van der Waals surface area contributed by atoms with Crippen molar-refractivity contribution >= 4 is 44.3 Å². The van der Waals surface area contributed by atoms with E-state index >= 15 is 0 Å². The first-order valence-corrected chi connectivity index (χ1v) is 17.5. The van der Waals surface area contributed by atoms with Gasteiger partial charge in [-0.2, -0.15) is 5.01 Å². The Bertz CT molecular complexity index is 2030. The van der Waals surface area contributed by atoms with E-state index in [2.05, 4.69) is 16.0 Å². The normalized spacial score (nSPS) is 17.9. The van der Waals surface area contributed by atoms with Crippen molar-refractivity contribution in [1.82, 2.24) is 25.1 Å². The largest absolute Gasteiger partial charge is 0.333 e. The Morgan fingerprint density at radius 1 is 0.980 bits per heavy atom. The van der Waals surface area contributed by atoms with Gasteiger partial charge in [0, 0.05) is 25.2 Å². The summed E-state index contributed by atoms with van der Waals surface area (Å²) < 4.78 is 39.3. The van der Waals surface area contributed by atoms with Crippen LogP contribution in [0.2, 0.25) is 0 Å². The minimum Gasteiger partial charge on any atom is -0.333 e. The molecule has 6 rings (SSSR count). The number of benzene rings is 4. The van der Waals surface area contributed by atoms with Crippen LogP contribution in [0.5, 0.6) is 0 Å². The molecule has 0 bridgehead atoms. The third-order valence-corrected chi connectivity index (χ3v) is 9.24. The van der Waals surface area contributed by atoms with Crippen molar-refractivity contribution in [3.63, 3.8) is 0 Å². The second-order valence-corrected chi connectivity index (χ2v) is 13.8. The molecule has 0 aromatic heterocycles. The van der Waals surface area contributed by atoms with Crippen LogP contribution in [0.4, 0.5) is 14.9 Å². The van der Waals surface area contributed by atoms with Crippen LogP contribution in [0, 0.1) is 18.2 Å². The number of anilines is 1. The van der Waals surface area contributed by atoms with Crippen LogP contribution < -0.4 is 10.0 Å². The van der Waals surface area contributed by atoms with E-state index < -0.39 is 34.1 Å². The lowest BCUT2D eigenvalue weighted by molar-refractivity contribution is -0.157. The van der Waals surface area contributed by atoms with Crippen LogP contribution in [-0.2, 0) is 39.1 Å². The highest BCUT2D eigenvalue weighted by Crippen LogP contribution is 2.31. The lowest BCUT2D eigenvalue weighted by atomic mass is 9.99. The van der Waals surface area contributed by atoms with Gasteiger partial charge in [-0.15, -0.1) is 6.42 Å². The van der Waals surface area contributed by atoms with Gasteiger partial charge < -0.3 is 15.1 Å². The number of hydrazine groups is 1. The predicted octanol–water partition coefficient (Wildman–Crippen LogP) is 3.53. The van der Waals surface area contributed by atoms with E-state index in [0.717, 1.165) is 22.6 Å². The van der Waals surface area contributed by atoms with Gasteiger partial charge >= 0.3 is 6.03 Å². The molecule has 2 N–H and O–H groups in total. The first kappa shape index (κ1) is 33.5. The van der Waals surface area contributed by atoms with Crippen LogP contribution in [0.1, 0.15) is 16.7 Å². The fourth-order valence-corrected chi connectivity index (χ4v) is 6.97. The molecule has 2 fully saturated rings. The van der Waals surface area contributed by atoms with Gasteiger partial charge in [0.1, 0.15) is 18.0 Å². The van der Waals surface area contributed by atoms with Crippen molar-refractivity contribution in [2.75, 3.05) is 30.6 Å². The Morgan fingerprint density at radius 2 is 1.67 bits per heavy atom. The molecule has 49 heavy (non-hydrogen) atoms. The molecule has 0 saturated carbocycles. The molecule has 4 aromatic rings. The van der Waals surface area contributed by atoms with Gasteiger partial charge in [0.05, 0.1) is 25.9 Å². The maximum atomic E-state index is 14.3. The van der Waals surface area contributed by atoms with Gasteiger partial charge in [-0.3, -0.25) is 14.3 Å². The van der Waals surface area contributed by atoms with Gasteiger partial charge in [0.2, 0.25) is 21.8 Å². The highest BCUT2D eigenvalue weighted by atomic mass is 32.2. The van der Waals surface area contributed by atoms with E-state index in [1.165, 1.54) is 22.0 Å². The second kappa shape index (κ2) is 14.0. The number of amides is 4. The Hall–Kier alpha value is -5.45. The minimum absolute atomic E-state index is 0.106. The van der Waals surface area contributed by atoms with Crippen molar-refractivity contribution in [2.24, 2.45) is 0 Å². The molecule has 2 aliphatic heterocycles. The van der Waals surface area contributed by atoms with Crippen LogP contribution in [0.25, 0.3) is 10.8 Å². The molecule has 0 radical (unpaired) electrons.